The van der Waals surface area contributed by atoms with Gasteiger partial charge in [-0.3, -0.25) is 4.79 Å². The molecule has 0 saturated carbocycles. The minimum Gasteiger partial charge on any atom is -0.478 e. The van der Waals surface area contributed by atoms with E-state index in [9.17, 15) is 22.8 Å². The molecule has 0 aliphatic carbocycles. The zero-order chi connectivity index (χ0) is 17.2. The molecular weight excluding hydrogens is 315 g/mol. The van der Waals surface area contributed by atoms with Crippen LogP contribution in [0.5, 0.6) is 5.75 Å². The van der Waals surface area contributed by atoms with Gasteiger partial charge in [0.25, 0.3) is 0 Å². The molecule has 0 aliphatic heterocycles. The largest absolute Gasteiger partial charge is 0.573 e. The SMILES string of the molecule is Nc1c(C(=O)O)ccc(OC(F)(F)F)c1C(=O)c1ccccc1. The number of halogens is 3. The van der Waals surface area contributed by atoms with Gasteiger partial charge in [-0.1, -0.05) is 30.3 Å². The molecule has 0 heterocycles. The maximum Gasteiger partial charge on any atom is 0.573 e. The molecular formula is C15H10F3NO4. The van der Waals surface area contributed by atoms with Gasteiger partial charge in [-0.05, 0) is 12.1 Å². The van der Waals surface area contributed by atoms with E-state index in [0.29, 0.717) is 0 Å². The third-order valence-corrected chi connectivity index (χ3v) is 2.93. The minimum absolute atomic E-state index is 0.0498. The third-order valence-electron chi connectivity index (χ3n) is 2.93. The second-order valence-corrected chi connectivity index (χ2v) is 4.45. The van der Waals surface area contributed by atoms with E-state index in [1.54, 1.807) is 6.07 Å². The van der Waals surface area contributed by atoms with Gasteiger partial charge in [0.2, 0.25) is 0 Å². The molecule has 2 aromatic rings. The van der Waals surface area contributed by atoms with Crippen LogP contribution in [0.2, 0.25) is 0 Å². The Kier molecular flexibility index (Phi) is 4.26. The Morgan fingerprint density at radius 3 is 2.17 bits per heavy atom. The van der Waals surface area contributed by atoms with E-state index in [4.69, 9.17) is 10.8 Å². The second-order valence-electron chi connectivity index (χ2n) is 4.45. The number of carbonyl (C=O) groups excluding carboxylic acids is 1. The van der Waals surface area contributed by atoms with Crippen LogP contribution in [0, 0.1) is 0 Å². The van der Waals surface area contributed by atoms with Crippen molar-refractivity contribution < 1.29 is 32.6 Å². The third kappa shape index (κ3) is 3.60. The number of ketones is 1. The molecule has 0 bridgehead atoms. The lowest BCUT2D eigenvalue weighted by atomic mass is 9.98. The van der Waals surface area contributed by atoms with E-state index in [2.05, 4.69) is 4.74 Å². The monoisotopic (exact) mass is 325 g/mol. The Balaban J connectivity index is 2.64. The normalized spacial score (nSPS) is 11.1. The quantitative estimate of drug-likeness (QED) is 0.666. The van der Waals surface area contributed by atoms with E-state index >= 15 is 0 Å². The van der Waals surface area contributed by atoms with Crippen LogP contribution in [-0.2, 0) is 0 Å². The summed E-state index contributed by atoms with van der Waals surface area (Å²) in [5.41, 5.74) is 3.92. The van der Waals surface area contributed by atoms with E-state index in [1.807, 2.05) is 0 Å². The number of anilines is 1. The first kappa shape index (κ1) is 16.3. The van der Waals surface area contributed by atoms with Gasteiger partial charge in [0.1, 0.15) is 5.75 Å². The molecule has 0 aromatic heterocycles. The Morgan fingerprint density at radius 2 is 1.65 bits per heavy atom. The van der Waals surface area contributed by atoms with Crippen molar-refractivity contribution in [1.29, 1.82) is 0 Å². The minimum atomic E-state index is -5.05. The van der Waals surface area contributed by atoms with Gasteiger partial charge in [0, 0.05) is 5.56 Å². The molecule has 0 amide bonds. The van der Waals surface area contributed by atoms with Crippen LogP contribution in [0.1, 0.15) is 26.3 Å². The van der Waals surface area contributed by atoms with Crippen LogP contribution in [0.15, 0.2) is 42.5 Å². The van der Waals surface area contributed by atoms with E-state index < -0.39 is 40.7 Å². The summed E-state index contributed by atoms with van der Waals surface area (Å²) in [4.78, 5) is 23.5. The van der Waals surface area contributed by atoms with Crippen LogP contribution in [-0.4, -0.2) is 23.2 Å². The summed E-state index contributed by atoms with van der Waals surface area (Å²) in [6.45, 7) is 0. The Hall–Kier alpha value is -3.03. The average Bonchev–Trinajstić information content (AvgIpc) is 2.46. The molecule has 0 atom stereocenters. The molecule has 2 aromatic carbocycles. The molecule has 0 radical (unpaired) electrons. The fourth-order valence-corrected chi connectivity index (χ4v) is 1.96. The van der Waals surface area contributed by atoms with Crippen molar-refractivity contribution in [2.75, 3.05) is 5.73 Å². The Labute approximate surface area is 128 Å². The molecule has 0 spiro atoms. The highest BCUT2D eigenvalue weighted by Gasteiger charge is 2.34. The van der Waals surface area contributed by atoms with Crippen LogP contribution < -0.4 is 10.5 Å². The van der Waals surface area contributed by atoms with Gasteiger partial charge in [-0.15, -0.1) is 13.2 Å². The zero-order valence-corrected chi connectivity index (χ0v) is 11.4. The Bertz CT molecular complexity index is 757. The van der Waals surface area contributed by atoms with Gasteiger partial charge in [0.15, 0.2) is 5.78 Å². The maximum absolute atomic E-state index is 12.5. The molecule has 8 heteroatoms. The van der Waals surface area contributed by atoms with Crippen molar-refractivity contribution in [2.24, 2.45) is 0 Å². The first-order chi connectivity index (χ1) is 10.7. The van der Waals surface area contributed by atoms with Crippen molar-refractivity contribution in [3.05, 3.63) is 59.2 Å². The highest BCUT2D eigenvalue weighted by atomic mass is 19.4. The highest BCUT2D eigenvalue weighted by molar-refractivity contribution is 6.16. The predicted octanol–water partition coefficient (Wildman–Crippen LogP) is 3.10. The van der Waals surface area contributed by atoms with Gasteiger partial charge in [-0.25, -0.2) is 4.79 Å². The van der Waals surface area contributed by atoms with E-state index in [0.717, 1.165) is 12.1 Å². The number of carboxylic acid groups (broad SMARTS) is 1. The summed E-state index contributed by atoms with van der Waals surface area (Å²) in [5.74, 6) is -3.19. The molecule has 3 N–H and O–H groups in total. The van der Waals surface area contributed by atoms with Crippen LogP contribution in [0.4, 0.5) is 18.9 Å². The molecule has 0 unspecified atom stereocenters. The van der Waals surface area contributed by atoms with E-state index in [1.165, 1.54) is 24.3 Å². The zero-order valence-electron chi connectivity index (χ0n) is 11.4. The molecule has 120 valence electrons. The fraction of sp³-hybridized carbons (Fsp3) is 0.0667. The number of hydrogen-bond donors (Lipinski definition) is 2. The van der Waals surface area contributed by atoms with Crippen molar-refractivity contribution in [3.63, 3.8) is 0 Å². The van der Waals surface area contributed by atoms with Crippen LogP contribution in [0.25, 0.3) is 0 Å². The predicted molar refractivity (Wildman–Crippen MR) is 74.4 cm³/mol. The first-order valence-electron chi connectivity index (χ1n) is 6.22. The average molecular weight is 325 g/mol. The molecule has 0 fully saturated rings. The van der Waals surface area contributed by atoms with E-state index in [-0.39, 0.29) is 5.56 Å². The van der Waals surface area contributed by atoms with Crippen molar-refractivity contribution >= 4 is 17.4 Å². The summed E-state index contributed by atoms with van der Waals surface area (Å²) in [6.07, 6.45) is -5.05. The number of rotatable bonds is 4. The second kappa shape index (κ2) is 5.99. The maximum atomic E-state index is 12.5. The molecule has 23 heavy (non-hydrogen) atoms. The van der Waals surface area contributed by atoms with Crippen molar-refractivity contribution in [2.45, 2.75) is 6.36 Å². The molecule has 5 nitrogen and oxygen atoms in total. The number of aromatic carboxylic acids is 1. The smallest absolute Gasteiger partial charge is 0.478 e. The van der Waals surface area contributed by atoms with Crippen molar-refractivity contribution in [3.8, 4) is 5.75 Å². The topological polar surface area (TPSA) is 89.6 Å². The van der Waals surface area contributed by atoms with Gasteiger partial charge in [-0.2, -0.15) is 0 Å². The lowest BCUT2D eigenvalue weighted by Crippen LogP contribution is -2.21. The highest BCUT2D eigenvalue weighted by Crippen LogP contribution is 2.34. The summed E-state index contributed by atoms with van der Waals surface area (Å²) in [5, 5.41) is 9.01. The number of nitrogen functional groups attached to an aromatic ring is 1. The summed E-state index contributed by atoms with van der Waals surface area (Å²) < 4.78 is 41.3. The number of alkyl halides is 3. The Morgan fingerprint density at radius 1 is 1.04 bits per heavy atom. The lowest BCUT2D eigenvalue weighted by Gasteiger charge is -2.15. The summed E-state index contributed by atoms with van der Waals surface area (Å²) in [6, 6.07) is 8.97. The van der Waals surface area contributed by atoms with Gasteiger partial charge in [0.05, 0.1) is 16.8 Å². The van der Waals surface area contributed by atoms with Gasteiger partial charge < -0.3 is 15.6 Å². The van der Waals surface area contributed by atoms with Crippen LogP contribution in [0.3, 0.4) is 0 Å². The fourth-order valence-electron chi connectivity index (χ4n) is 1.96. The van der Waals surface area contributed by atoms with Crippen LogP contribution >= 0.6 is 0 Å². The molecule has 0 aliphatic rings. The van der Waals surface area contributed by atoms with Gasteiger partial charge >= 0.3 is 12.3 Å². The number of carbonyl (C=O) groups is 2. The number of nitrogens with two attached hydrogens (primary N) is 1. The first-order valence-corrected chi connectivity index (χ1v) is 6.22. The summed E-state index contributed by atoms with van der Waals surface area (Å²) in [7, 11) is 0. The number of benzene rings is 2. The number of hydrogen-bond acceptors (Lipinski definition) is 4. The molecule has 2 rings (SSSR count). The number of ether oxygens (including phenoxy) is 1. The number of carboxylic acids is 1. The lowest BCUT2D eigenvalue weighted by molar-refractivity contribution is -0.274. The van der Waals surface area contributed by atoms with Crippen molar-refractivity contribution in [1.82, 2.24) is 0 Å². The standard InChI is InChI=1S/C15H10F3NO4/c16-15(17,18)23-10-7-6-9(14(21)22)12(19)11(10)13(20)8-4-2-1-3-5-8/h1-7H,19H2,(H,21,22). The summed E-state index contributed by atoms with van der Waals surface area (Å²) >= 11 is 0. The molecule has 0 saturated heterocycles.